The summed E-state index contributed by atoms with van der Waals surface area (Å²) in [6, 6.07) is 0.826. The van der Waals surface area contributed by atoms with E-state index in [0.29, 0.717) is 0 Å². The fourth-order valence-corrected chi connectivity index (χ4v) is 2.30. The van der Waals surface area contributed by atoms with Crippen LogP contribution < -0.4 is 5.32 Å². The Kier molecular flexibility index (Phi) is 6.20. The van der Waals surface area contributed by atoms with Crippen molar-refractivity contribution in [3.8, 4) is 0 Å². The van der Waals surface area contributed by atoms with Gasteiger partial charge in [0.05, 0.1) is 0 Å². The molecule has 1 fully saturated rings. The van der Waals surface area contributed by atoms with E-state index >= 15 is 0 Å². The van der Waals surface area contributed by atoms with Gasteiger partial charge in [-0.3, -0.25) is 4.90 Å². The summed E-state index contributed by atoms with van der Waals surface area (Å²) in [5.74, 6) is 0. The van der Waals surface area contributed by atoms with Crippen molar-refractivity contribution >= 4 is 0 Å². The van der Waals surface area contributed by atoms with E-state index in [2.05, 4.69) is 24.1 Å². The summed E-state index contributed by atoms with van der Waals surface area (Å²) in [4.78, 5) is 2.68. The summed E-state index contributed by atoms with van der Waals surface area (Å²) >= 11 is 0. The first-order valence-corrected chi connectivity index (χ1v) is 6.33. The monoisotopic (exact) mass is 198 g/mol. The summed E-state index contributed by atoms with van der Waals surface area (Å²) in [7, 11) is 0. The first kappa shape index (κ1) is 12.0. The second-order valence-electron chi connectivity index (χ2n) is 4.35. The Morgan fingerprint density at radius 2 is 2.14 bits per heavy atom. The van der Waals surface area contributed by atoms with Gasteiger partial charge in [-0.2, -0.15) is 0 Å². The van der Waals surface area contributed by atoms with Gasteiger partial charge in [0, 0.05) is 12.6 Å². The van der Waals surface area contributed by atoms with Gasteiger partial charge in [-0.1, -0.05) is 26.7 Å². The first-order valence-electron chi connectivity index (χ1n) is 6.33. The lowest BCUT2D eigenvalue weighted by Crippen LogP contribution is -2.38. The number of hydrogen-bond donors (Lipinski definition) is 1. The third-order valence-electron chi connectivity index (χ3n) is 3.18. The molecule has 2 nitrogen and oxygen atoms in total. The van der Waals surface area contributed by atoms with E-state index in [1.165, 1.54) is 51.7 Å². The molecule has 1 aliphatic heterocycles. The number of likely N-dealkylation sites (N-methyl/N-ethyl adjacent to an activating group) is 1. The highest BCUT2D eigenvalue weighted by atomic mass is 15.2. The number of unbranched alkanes of at least 4 members (excludes halogenated alkanes) is 2. The predicted octanol–water partition coefficient (Wildman–Crippen LogP) is 2.25. The van der Waals surface area contributed by atoms with Crippen molar-refractivity contribution in [1.82, 2.24) is 10.2 Å². The summed E-state index contributed by atoms with van der Waals surface area (Å²) in [6.45, 7) is 9.43. The number of likely N-dealkylation sites (tertiary alicyclic amines) is 1. The van der Waals surface area contributed by atoms with Gasteiger partial charge < -0.3 is 5.32 Å². The van der Waals surface area contributed by atoms with Crippen LogP contribution in [-0.2, 0) is 0 Å². The minimum absolute atomic E-state index is 0.826. The van der Waals surface area contributed by atoms with Crippen LogP contribution in [0.25, 0.3) is 0 Å². The van der Waals surface area contributed by atoms with Crippen molar-refractivity contribution in [3.05, 3.63) is 0 Å². The van der Waals surface area contributed by atoms with Crippen LogP contribution >= 0.6 is 0 Å². The van der Waals surface area contributed by atoms with Gasteiger partial charge in [0.15, 0.2) is 0 Å². The van der Waals surface area contributed by atoms with Gasteiger partial charge in [-0.15, -0.1) is 0 Å². The molecule has 0 amide bonds. The molecule has 0 aromatic heterocycles. The molecule has 0 radical (unpaired) electrons. The minimum Gasteiger partial charge on any atom is -0.315 e. The molecule has 0 bridgehead atoms. The summed E-state index contributed by atoms with van der Waals surface area (Å²) in [5, 5.41) is 3.47. The maximum Gasteiger partial charge on any atom is 0.0221 e. The molecule has 1 rings (SSSR count). The van der Waals surface area contributed by atoms with Crippen LogP contribution in [0.15, 0.2) is 0 Å². The molecule has 0 saturated carbocycles. The number of hydrogen-bond acceptors (Lipinski definition) is 2. The Labute approximate surface area is 89.1 Å². The zero-order valence-corrected chi connectivity index (χ0v) is 9.89. The van der Waals surface area contributed by atoms with E-state index in [4.69, 9.17) is 0 Å². The Morgan fingerprint density at radius 1 is 1.29 bits per heavy atom. The van der Waals surface area contributed by atoms with E-state index in [1.807, 2.05) is 0 Å². The maximum atomic E-state index is 3.47. The van der Waals surface area contributed by atoms with Gasteiger partial charge in [0.1, 0.15) is 0 Å². The first-order chi connectivity index (χ1) is 6.88. The molecule has 1 saturated heterocycles. The molecular weight excluding hydrogens is 172 g/mol. The average Bonchev–Trinajstić information content (AvgIpc) is 2.63. The topological polar surface area (TPSA) is 15.3 Å². The molecule has 1 heterocycles. The Morgan fingerprint density at radius 3 is 2.86 bits per heavy atom. The molecule has 1 aliphatic rings. The van der Waals surface area contributed by atoms with E-state index < -0.39 is 0 Å². The largest absolute Gasteiger partial charge is 0.315 e. The quantitative estimate of drug-likeness (QED) is 0.631. The Hall–Kier alpha value is -0.0800. The van der Waals surface area contributed by atoms with Crippen LogP contribution in [0, 0.1) is 0 Å². The molecule has 84 valence electrons. The zero-order chi connectivity index (χ0) is 10.2. The number of rotatable bonds is 7. The molecule has 0 aromatic rings. The molecule has 0 spiro atoms. The molecular formula is C12H26N2. The maximum absolute atomic E-state index is 3.47. The number of nitrogens with zero attached hydrogens (tertiary/aromatic N) is 1. The summed E-state index contributed by atoms with van der Waals surface area (Å²) in [6.07, 6.45) is 6.93. The standard InChI is InChI=1S/C12H26N2/c1-3-5-6-9-14-10-7-8-12(14)11-13-4-2/h12-13H,3-11H2,1-2H3. The van der Waals surface area contributed by atoms with Crippen LogP contribution in [0.4, 0.5) is 0 Å². The minimum atomic E-state index is 0.826. The van der Waals surface area contributed by atoms with Crippen LogP contribution in [0.2, 0.25) is 0 Å². The molecule has 14 heavy (non-hydrogen) atoms. The molecule has 0 aliphatic carbocycles. The van der Waals surface area contributed by atoms with Crippen molar-refractivity contribution in [1.29, 1.82) is 0 Å². The molecule has 1 unspecified atom stereocenters. The van der Waals surface area contributed by atoms with E-state index in [1.54, 1.807) is 0 Å². The zero-order valence-electron chi connectivity index (χ0n) is 9.89. The molecule has 1 atom stereocenters. The average molecular weight is 198 g/mol. The smallest absolute Gasteiger partial charge is 0.0221 e. The lowest BCUT2D eigenvalue weighted by molar-refractivity contribution is 0.243. The van der Waals surface area contributed by atoms with Crippen LogP contribution in [0.3, 0.4) is 0 Å². The van der Waals surface area contributed by atoms with Crippen LogP contribution in [0.1, 0.15) is 46.0 Å². The van der Waals surface area contributed by atoms with Gasteiger partial charge in [-0.05, 0) is 38.9 Å². The molecule has 2 heteroatoms. The Balaban J connectivity index is 2.14. The van der Waals surface area contributed by atoms with Gasteiger partial charge in [-0.25, -0.2) is 0 Å². The summed E-state index contributed by atoms with van der Waals surface area (Å²) in [5.41, 5.74) is 0. The second-order valence-corrected chi connectivity index (χ2v) is 4.35. The fraction of sp³-hybridized carbons (Fsp3) is 1.00. The normalized spacial score (nSPS) is 23.1. The van der Waals surface area contributed by atoms with E-state index in [-0.39, 0.29) is 0 Å². The van der Waals surface area contributed by atoms with Crippen LogP contribution in [0.5, 0.6) is 0 Å². The second kappa shape index (κ2) is 7.24. The molecule has 1 N–H and O–H groups in total. The lowest BCUT2D eigenvalue weighted by Gasteiger charge is -2.24. The van der Waals surface area contributed by atoms with Crippen molar-refractivity contribution < 1.29 is 0 Å². The van der Waals surface area contributed by atoms with Gasteiger partial charge >= 0.3 is 0 Å². The number of nitrogens with one attached hydrogen (secondary N) is 1. The Bertz CT molecular complexity index is 136. The highest BCUT2D eigenvalue weighted by Crippen LogP contribution is 2.17. The SMILES string of the molecule is CCCCCN1CCCC1CNCC. The predicted molar refractivity (Wildman–Crippen MR) is 62.7 cm³/mol. The fourth-order valence-electron chi connectivity index (χ4n) is 2.30. The third-order valence-corrected chi connectivity index (χ3v) is 3.18. The third kappa shape index (κ3) is 3.97. The van der Waals surface area contributed by atoms with Crippen LogP contribution in [-0.4, -0.2) is 37.1 Å². The van der Waals surface area contributed by atoms with Gasteiger partial charge in [0.25, 0.3) is 0 Å². The highest BCUT2D eigenvalue weighted by molar-refractivity contribution is 4.80. The van der Waals surface area contributed by atoms with Crippen molar-refractivity contribution in [2.45, 2.75) is 52.0 Å². The van der Waals surface area contributed by atoms with Crippen molar-refractivity contribution in [2.75, 3.05) is 26.2 Å². The molecule has 0 aromatic carbocycles. The van der Waals surface area contributed by atoms with Gasteiger partial charge in [0.2, 0.25) is 0 Å². The summed E-state index contributed by atoms with van der Waals surface area (Å²) < 4.78 is 0. The highest BCUT2D eigenvalue weighted by Gasteiger charge is 2.22. The van der Waals surface area contributed by atoms with Crippen molar-refractivity contribution in [3.63, 3.8) is 0 Å². The van der Waals surface area contributed by atoms with E-state index in [9.17, 15) is 0 Å². The lowest BCUT2D eigenvalue weighted by atomic mass is 10.2. The van der Waals surface area contributed by atoms with E-state index in [0.717, 1.165) is 12.6 Å². The van der Waals surface area contributed by atoms with Crippen molar-refractivity contribution in [2.24, 2.45) is 0 Å².